The first kappa shape index (κ1) is 18.9. The summed E-state index contributed by atoms with van der Waals surface area (Å²) < 4.78 is 38.9. The number of rotatable bonds is 0. The molecule has 0 aliphatic carbocycles. The monoisotopic (exact) mass is 412 g/mol. The van der Waals surface area contributed by atoms with E-state index in [0.29, 0.717) is 0 Å². The number of hydrogen-bond donors (Lipinski definition) is 0. The van der Waals surface area contributed by atoms with E-state index >= 15 is 0 Å². The van der Waals surface area contributed by atoms with Crippen LogP contribution in [0.15, 0.2) is 0 Å². The van der Waals surface area contributed by atoms with E-state index in [1.807, 2.05) is 0 Å². The molecule has 0 aromatic carbocycles. The second-order valence-electron chi connectivity index (χ2n) is 2.50. The van der Waals surface area contributed by atoms with Crippen molar-refractivity contribution in [2.75, 3.05) is 0 Å². The molecule has 0 aromatic rings. The molecular formula is C4H12As2BaO4. The van der Waals surface area contributed by atoms with Crippen molar-refractivity contribution in [3.8, 4) is 0 Å². The van der Waals surface area contributed by atoms with E-state index in [2.05, 4.69) is 0 Å². The fourth-order valence-corrected chi connectivity index (χ4v) is 0. The molecule has 0 N–H and O–H groups in total. The van der Waals surface area contributed by atoms with Gasteiger partial charge in [0.05, 0.1) is 0 Å². The van der Waals surface area contributed by atoms with Crippen LogP contribution in [0.3, 0.4) is 0 Å². The van der Waals surface area contributed by atoms with E-state index in [9.17, 15) is 15.7 Å². The molecule has 0 amide bonds. The van der Waals surface area contributed by atoms with Crippen LogP contribution in [-0.4, -0.2) is 76.5 Å². The number of hydrogen-bond acceptors (Lipinski definition) is 4. The summed E-state index contributed by atoms with van der Waals surface area (Å²) >= 11 is -6.75. The van der Waals surface area contributed by atoms with E-state index in [1.54, 1.807) is 0 Å². The van der Waals surface area contributed by atoms with Gasteiger partial charge in [-0.2, -0.15) is 0 Å². The van der Waals surface area contributed by atoms with Gasteiger partial charge in [0, 0.05) is 0 Å². The van der Waals surface area contributed by atoms with Gasteiger partial charge in [0.2, 0.25) is 0 Å². The third kappa shape index (κ3) is 261. The summed E-state index contributed by atoms with van der Waals surface area (Å²) in [4.78, 5) is 0. The minimum Gasteiger partial charge on any atom is 2.00 e. The molecular weight excluding hydrogens is 399 g/mol. The van der Waals surface area contributed by atoms with E-state index in [-0.39, 0.29) is 48.9 Å². The van der Waals surface area contributed by atoms with Gasteiger partial charge >= 0.3 is 115 Å². The third-order valence-electron chi connectivity index (χ3n) is 0. The molecule has 0 aliphatic heterocycles. The van der Waals surface area contributed by atoms with Crippen molar-refractivity contribution in [3.05, 3.63) is 0 Å². The molecule has 0 atom stereocenters. The minimum absolute atomic E-state index is 0. The molecule has 0 heterocycles. The smallest absolute Gasteiger partial charge is 2.00 e. The fourth-order valence-electron chi connectivity index (χ4n) is 0. The Balaban J connectivity index is -0.000000107. The molecule has 0 bridgehead atoms. The van der Waals surface area contributed by atoms with Crippen LogP contribution in [0.2, 0.25) is 22.8 Å². The largest absolute Gasteiger partial charge is 2.00 e. The average molecular weight is 411 g/mol. The minimum atomic E-state index is -3.38. The van der Waals surface area contributed by atoms with E-state index < -0.39 is 27.7 Å². The average Bonchev–Trinajstić information content (AvgIpc) is 1.12. The molecule has 0 rings (SSSR count). The Morgan fingerprint density at radius 2 is 0.818 bits per heavy atom. The fraction of sp³-hybridized carbons (Fsp3) is 1.00. The predicted molar refractivity (Wildman–Crippen MR) is 42.1 cm³/mol. The summed E-state index contributed by atoms with van der Waals surface area (Å²) in [5.74, 6) is 0. The van der Waals surface area contributed by atoms with E-state index in [0.717, 1.165) is 0 Å². The molecule has 0 spiro atoms. The Morgan fingerprint density at radius 1 is 0.818 bits per heavy atom. The van der Waals surface area contributed by atoms with Crippen molar-refractivity contribution in [1.82, 2.24) is 0 Å². The maximum absolute atomic E-state index is 9.72. The standard InChI is InChI=1S/2C2H7AsO2.Ba/c2*1-3(2,4)5;/h2*1-2H3,(H,4,5);/q;;+2/p-2. The van der Waals surface area contributed by atoms with Gasteiger partial charge in [-0.3, -0.25) is 0 Å². The van der Waals surface area contributed by atoms with Gasteiger partial charge in [-0.05, 0) is 0 Å². The molecule has 0 fully saturated rings. The maximum atomic E-state index is 9.72. The van der Waals surface area contributed by atoms with Gasteiger partial charge in [-0.1, -0.05) is 0 Å². The van der Waals surface area contributed by atoms with Gasteiger partial charge in [0.25, 0.3) is 0 Å². The third-order valence-corrected chi connectivity index (χ3v) is 0. The topological polar surface area (TPSA) is 80.3 Å². The molecule has 0 saturated carbocycles. The first-order valence-electron chi connectivity index (χ1n) is 2.52. The summed E-state index contributed by atoms with van der Waals surface area (Å²) in [7, 11) is 0. The molecule has 0 saturated heterocycles. The van der Waals surface area contributed by atoms with Crippen molar-refractivity contribution in [2.45, 2.75) is 22.8 Å². The van der Waals surface area contributed by atoms with Crippen LogP contribution in [0.1, 0.15) is 0 Å². The Bertz CT molecular complexity index is 132. The zero-order chi connectivity index (χ0) is 9.00. The second-order valence-corrected chi connectivity index (χ2v) is 13.0. The molecule has 4 nitrogen and oxygen atoms in total. The van der Waals surface area contributed by atoms with Crippen molar-refractivity contribution in [1.29, 1.82) is 0 Å². The quantitative estimate of drug-likeness (QED) is 0.459. The zero-order valence-electron chi connectivity index (χ0n) is 7.23. The predicted octanol–water partition coefficient (Wildman–Crippen LogP) is -1.42. The molecule has 11 heavy (non-hydrogen) atoms. The van der Waals surface area contributed by atoms with Crippen LogP contribution >= 0.6 is 0 Å². The summed E-state index contributed by atoms with van der Waals surface area (Å²) in [5, 5.41) is 0. The summed E-state index contributed by atoms with van der Waals surface area (Å²) in [6.07, 6.45) is 0. The second kappa shape index (κ2) is 7.60. The molecule has 0 radical (unpaired) electrons. The van der Waals surface area contributed by atoms with Crippen molar-refractivity contribution < 1.29 is 15.7 Å². The molecule has 0 aromatic heterocycles. The zero-order valence-corrected chi connectivity index (χ0v) is 15.4. The van der Waals surface area contributed by atoms with Crippen molar-refractivity contribution in [3.63, 3.8) is 0 Å². The van der Waals surface area contributed by atoms with Crippen molar-refractivity contribution >= 4 is 76.5 Å². The first-order valence-corrected chi connectivity index (χ1v) is 13.1. The Labute approximate surface area is 113 Å². The molecule has 64 valence electrons. The van der Waals surface area contributed by atoms with Gasteiger partial charge in [0.1, 0.15) is 0 Å². The summed E-state index contributed by atoms with van der Waals surface area (Å²) in [6.45, 7) is 0. The van der Waals surface area contributed by atoms with E-state index in [4.69, 9.17) is 0 Å². The van der Waals surface area contributed by atoms with Gasteiger partial charge in [-0.15, -0.1) is 0 Å². The van der Waals surface area contributed by atoms with Crippen LogP contribution in [0.25, 0.3) is 0 Å². The van der Waals surface area contributed by atoms with Crippen LogP contribution in [0.5, 0.6) is 0 Å². The van der Waals surface area contributed by atoms with Crippen LogP contribution in [0.4, 0.5) is 0 Å². The van der Waals surface area contributed by atoms with E-state index in [1.165, 1.54) is 22.8 Å². The maximum Gasteiger partial charge on any atom is 2.00 e. The molecule has 7 heteroatoms. The first-order chi connectivity index (χ1) is 4.00. The molecule has 0 aliphatic rings. The van der Waals surface area contributed by atoms with Gasteiger partial charge in [0.15, 0.2) is 0 Å². The Morgan fingerprint density at radius 3 is 0.818 bits per heavy atom. The summed E-state index contributed by atoms with van der Waals surface area (Å²) in [5.41, 5.74) is 4.99. The summed E-state index contributed by atoms with van der Waals surface area (Å²) in [6, 6.07) is 0. The Kier molecular flexibility index (Phi) is 13.0. The van der Waals surface area contributed by atoms with Gasteiger partial charge in [-0.25, -0.2) is 0 Å². The molecule has 0 unspecified atom stereocenters. The normalized spacial score (nSPS) is 10.7. The Hall–Kier alpha value is 2.21. The van der Waals surface area contributed by atoms with Gasteiger partial charge < -0.3 is 0 Å². The van der Waals surface area contributed by atoms with Crippen LogP contribution in [-0.2, 0) is 7.48 Å². The van der Waals surface area contributed by atoms with Crippen LogP contribution < -0.4 is 8.19 Å². The van der Waals surface area contributed by atoms with Crippen molar-refractivity contribution in [2.24, 2.45) is 0 Å². The van der Waals surface area contributed by atoms with Crippen LogP contribution in [0, 0.1) is 0 Å². The SMILES string of the molecule is C[As](C)(=O)[O-].C[As](C)(=O)[O-].[Ba+2].